The first-order valence-corrected chi connectivity index (χ1v) is 11.0. The number of carbonyl (C=O) groups excluding carboxylic acids is 3. The minimum absolute atomic E-state index is 0.340. The molecular weight excluding hydrogens is 448 g/mol. The third-order valence-electron chi connectivity index (χ3n) is 4.54. The van der Waals surface area contributed by atoms with E-state index in [0.29, 0.717) is 28.4 Å². The lowest BCUT2D eigenvalue weighted by atomic mass is 10.1. The van der Waals surface area contributed by atoms with Crippen LogP contribution in [-0.4, -0.2) is 34.6 Å². The number of rotatable bonds is 7. The molecule has 9 heteroatoms. The van der Waals surface area contributed by atoms with Gasteiger partial charge < -0.3 is 20.1 Å². The van der Waals surface area contributed by atoms with Crippen LogP contribution in [0, 0.1) is 0 Å². The maximum Gasteiger partial charge on any atom is 0.412 e. The molecule has 0 aliphatic carbocycles. The molecule has 0 spiro atoms. The van der Waals surface area contributed by atoms with E-state index in [0.717, 1.165) is 0 Å². The lowest BCUT2D eigenvalue weighted by molar-refractivity contribution is -0.122. The number of nitrogens with zero attached hydrogens (tertiary/aromatic N) is 1. The van der Waals surface area contributed by atoms with Crippen molar-refractivity contribution in [3.63, 3.8) is 0 Å². The lowest BCUT2D eigenvalue weighted by Gasteiger charge is -2.20. The van der Waals surface area contributed by atoms with E-state index in [1.165, 1.54) is 6.20 Å². The van der Waals surface area contributed by atoms with Crippen molar-refractivity contribution >= 4 is 35.0 Å². The average Bonchev–Trinajstić information content (AvgIpc) is 2.80. The predicted molar refractivity (Wildman–Crippen MR) is 134 cm³/mol. The van der Waals surface area contributed by atoms with E-state index in [1.807, 2.05) is 0 Å². The minimum atomic E-state index is -0.740. The molecule has 1 unspecified atom stereocenters. The molecule has 1 heterocycles. The van der Waals surface area contributed by atoms with Gasteiger partial charge in [0.25, 0.3) is 11.8 Å². The Balaban J connectivity index is 1.59. The van der Waals surface area contributed by atoms with E-state index >= 15 is 0 Å². The molecule has 1 aromatic heterocycles. The van der Waals surface area contributed by atoms with Gasteiger partial charge in [0.05, 0.1) is 17.6 Å². The third-order valence-corrected chi connectivity index (χ3v) is 4.54. The van der Waals surface area contributed by atoms with E-state index in [-0.39, 0.29) is 11.8 Å². The number of ether oxygens (including phenoxy) is 2. The molecule has 0 fully saturated rings. The second-order valence-electron chi connectivity index (χ2n) is 8.64. The van der Waals surface area contributed by atoms with Crippen molar-refractivity contribution in [1.82, 2.24) is 4.98 Å². The molecule has 3 N–H and O–H groups in total. The fourth-order valence-electron chi connectivity index (χ4n) is 2.93. The smallest absolute Gasteiger partial charge is 0.412 e. The molecule has 0 aliphatic rings. The van der Waals surface area contributed by atoms with Crippen LogP contribution in [0.2, 0.25) is 0 Å². The molecule has 3 rings (SSSR count). The number of hydrogen-bond acceptors (Lipinski definition) is 6. The van der Waals surface area contributed by atoms with Crippen LogP contribution in [0.1, 0.15) is 38.1 Å². The average molecular weight is 477 g/mol. The Bertz CT molecular complexity index is 1170. The molecule has 2 aromatic carbocycles. The van der Waals surface area contributed by atoms with Crippen molar-refractivity contribution in [3.8, 4) is 5.75 Å². The van der Waals surface area contributed by atoms with Crippen LogP contribution in [0.3, 0.4) is 0 Å². The van der Waals surface area contributed by atoms with Gasteiger partial charge in [0.1, 0.15) is 11.4 Å². The van der Waals surface area contributed by atoms with Gasteiger partial charge >= 0.3 is 6.09 Å². The van der Waals surface area contributed by atoms with Crippen molar-refractivity contribution in [2.75, 3.05) is 16.0 Å². The Morgan fingerprint density at radius 2 is 1.51 bits per heavy atom. The normalized spacial score (nSPS) is 11.7. The Morgan fingerprint density at radius 1 is 0.857 bits per heavy atom. The molecule has 182 valence electrons. The minimum Gasteiger partial charge on any atom is -0.479 e. The number of aromatic nitrogens is 1. The number of pyridine rings is 1. The van der Waals surface area contributed by atoms with E-state index in [2.05, 4.69) is 20.9 Å². The van der Waals surface area contributed by atoms with Crippen molar-refractivity contribution in [1.29, 1.82) is 0 Å². The number of carbonyl (C=O) groups is 3. The number of benzene rings is 2. The first kappa shape index (κ1) is 25.2. The van der Waals surface area contributed by atoms with Crippen molar-refractivity contribution in [2.24, 2.45) is 0 Å². The largest absolute Gasteiger partial charge is 0.479 e. The van der Waals surface area contributed by atoms with E-state index in [1.54, 1.807) is 94.6 Å². The SMILES string of the molecule is CC(Oc1cccnc1)C(=O)Nc1ccc(C(=O)Nc2ccccc2NC(=O)OC(C)(C)C)cc1. The summed E-state index contributed by atoms with van der Waals surface area (Å²) >= 11 is 0. The Morgan fingerprint density at radius 3 is 2.11 bits per heavy atom. The van der Waals surface area contributed by atoms with Gasteiger partial charge in [-0.25, -0.2) is 4.79 Å². The third kappa shape index (κ3) is 7.85. The summed E-state index contributed by atoms with van der Waals surface area (Å²) in [6, 6.07) is 16.6. The molecule has 0 saturated carbocycles. The fraction of sp³-hybridized carbons (Fsp3) is 0.231. The van der Waals surface area contributed by atoms with E-state index in [4.69, 9.17) is 9.47 Å². The van der Waals surface area contributed by atoms with Crippen molar-refractivity contribution in [3.05, 3.63) is 78.6 Å². The standard InChI is InChI=1S/C26H28N4O5/c1-17(34-20-8-7-15-27-16-20)23(31)28-19-13-11-18(12-14-19)24(32)29-21-9-5-6-10-22(21)30-25(33)35-26(2,3)4/h5-17H,1-4H3,(H,28,31)(H,29,32)(H,30,33). The lowest BCUT2D eigenvalue weighted by Crippen LogP contribution is -2.30. The summed E-state index contributed by atoms with van der Waals surface area (Å²) < 4.78 is 10.8. The van der Waals surface area contributed by atoms with Crippen LogP contribution in [0.4, 0.5) is 21.9 Å². The van der Waals surface area contributed by atoms with Gasteiger partial charge in [-0.1, -0.05) is 12.1 Å². The quantitative estimate of drug-likeness (QED) is 0.437. The monoisotopic (exact) mass is 476 g/mol. The van der Waals surface area contributed by atoms with Gasteiger partial charge in [-0.3, -0.25) is 19.9 Å². The van der Waals surface area contributed by atoms with Crippen LogP contribution in [-0.2, 0) is 9.53 Å². The first-order chi connectivity index (χ1) is 16.6. The number of para-hydroxylation sites is 2. The molecule has 0 bridgehead atoms. The highest BCUT2D eigenvalue weighted by molar-refractivity contribution is 6.07. The van der Waals surface area contributed by atoms with Gasteiger partial charge in [0, 0.05) is 17.4 Å². The first-order valence-electron chi connectivity index (χ1n) is 11.0. The van der Waals surface area contributed by atoms with E-state index < -0.39 is 17.8 Å². The van der Waals surface area contributed by atoms with Gasteiger partial charge in [-0.05, 0) is 76.2 Å². The summed E-state index contributed by atoms with van der Waals surface area (Å²) in [5.41, 5.74) is 1.06. The number of hydrogen-bond donors (Lipinski definition) is 3. The van der Waals surface area contributed by atoms with Crippen LogP contribution >= 0.6 is 0 Å². The van der Waals surface area contributed by atoms with Crippen molar-refractivity contribution < 1.29 is 23.9 Å². The summed E-state index contributed by atoms with van der Waals surface area (Å²) in [6.45, 7) is 6.93. The summed E-state index contributed by atoms with van der Waals surface area (Å²) in [7, 11) is 0. The van der Waals surface area contributed by atoms with Gasteiger partial charge in [-0.2, -0.15) is 0 Å². The Labute approximate surface area is 203 Å². The zero-order valence-corrected chi connectivity index (χ0v) is 20.0. The van der Waals surface area contributed by atoms with Crippen LogP contribution in [0.25, 0.3) is 0 Å². The summed E-state index contributed by atoms with van der Waals surface area (Å²) in [4.78, 5) is 41.2. The Hall–Kier alpha value is -4.40. The summed E-state index contributed by atoms with van der Waals surface area (Å²) in [5.74, 6) is -0.230. The molecule has 0 radical (unpaired) electrons. The molecule has 35 heavy (non-hydrogen) atoms. The highest BCUT2D eigenvalue weighted by Gasteiger charge is 2.18. The number of amides is 3. The zero-order chi connectivity index (χ0) is 25.4. The van der Waals surface area contributed by atoms with Gasteiger partial charge in [0.15, 0.2) is 6.10 Å². The summed E-state index contributed by atoms with van der Waals surface area (Å²) in [5, 5.41) is 8.17. The topological polar surface area (TPSA) is 119 Å². The van der Waals surface area contributed by atoms with Gasteiger partial charge in [-0.15, -0.1) is 0 Å². The maximum atomic E-state index is 12.8. The van der Waals surface area contributed by atoms with Crippen LogP contribution in [0.5, 0.6) is 5.75 Å². The predicted octanol–water partition coefficient (Wildman–Crippen LogP) is 5.09. The van der Waals surface area contributed by atoms with E-state index in [9.17, 15) is 14.4 Å². The highest BCUT2D eigenvalue weighted by atomic mass is 16.6. The molecule has 0 aliphatic heterocycles. The highest BCUT2D eigenvalue weighted by Crippen LogP contribution is 2.23. The van der Waals surface area contributed by atoms with Gasteiger partial charge in [0.2, 0.25) is 0 Å². The van der Waals surface area contributed by atoms with Crippen LogP contribution in [0.15, 0.2) is 73.1 Å². The van der Waals surface area contributed by atoms with Crippen molar-refractivity contribution in [2.45, 2.75) is 39.4 Å². The zero-order valence-electron chi connectivity index (χ0n) is 20.0. The maximum absolute atomic E-state index is 12.8. The molecule has 1 atom stereocenters. The summed E-state index contributed by atoms with van der Waals surface area (Å²) in [6.07, 6.45) is 1.78. The number of nitrogens with one attached hydrogen (secondary N) is 3. The second kappa shape index (κ2) is 11.1. The molecule has 3 aromatic rings. The fourth-order valence-corrected chi connectivity index (χ4v) is 2.93. The molecule has 0 saturated heterocycles. The molecule has 3 amide bonds. The molecule has 9 nitrogen and oxygen atoms in total. The molecular formula is C26H28N4O5. The second-order valence-corrected chi connectivity index (χ2v) is 8.64. The van der Waals surface area contributed by atoms with Crippen LogP contribution < -0.4 is 20.7 Å². The number of anilines is 3. The Kier molecular flexibility index (Phi) is 8.04.